The second-order valence-corrected chi connectivity index (χ2v) is 4.17. The highest BCUT2D eigenvalue weighted by atomic mass is 19.4. The fourth-order valence-corrected chi connectivity index (χ4v) is 2.32. The molecule has 1 fully saturated rings. The van der Waals surface area contributed by atoms with E-state index >= 15 is 0 Å². The maximum absolute atomic E-state index is 11.9. The molecule has 0 aromatic rings. The molecule has 0 N–H and O–H groups in total. The van der Waals surface area contributed by atoms with Crippen molar-refractivity contribution in [3.8, 4) is 0 Å². The van der Waals surface area contributed by atoms with Gasteiger partial charge in [-0.15, -0.1) is 0 Å². The van der Waals surface area contributed by atoms with Gasteiger partial charge in [0, 0.05) is 0 Å². The van der Waals surface area contributed by atoms with Crippen LogP contribution in [0.3, 0.4) is 0 Å². The molecule has 1 saturated carbocycles. The van der Waals surface area contributed by atoms with E-state index in [0.29, 0.717) is 5.57 Å². The minimum atomic E-state index is -4.47. The largest absolute Gasteiger partial charge is 0.456 e. The first-order valence-electron chi connectivity index (χ1n) is 4.99. The molecular weight excluding hydrogens is 221 g/mol. The number of ether oxygens (including phenoxy) is 1. The highest BCUT2D eigenvalue weighted by molar-refractivity contribution is 5.78. The van der Waals surface area contributed by atoms with E-state index in [1.54, 1.807) is 0 Å². The maximum Gasteiger partial charge on any atom is 0.422 e. The molecule has 16 heavy (non-hydrogen) atoms. The number of allylic oxidation sites excluding steroid dienone is 2. The molecule has 0 heterocycles. The van der Waals surface area contributed by atoms with Crippen molar-refractivity contribution in [1.29, 1.82) is 0 Å². The van der Waals surface area contributed by atoms with E-state index in [1.165, 1.54) is 0 Å². The Kier molecular flexibility index (Phi) is 2.56. The Morgan fingerprint density at radius 3 is 2.69 bits per heavy atom. The van der Waals surface area contributed by atoms with Gasteiger partial charge in [0.2, 0.25) is 0 Å². The van der Waals surface area contributed by atoms with Crippen LogP contribution in [-0.2, 0) is 9.53 Å². The Hall–Kier alpha value is -1.26. The fourth-order valence-electron chi connectivity index (χ4n) is 2.32. The van der Waals surface area contributed by atoms with Crippen LogP contribution >= 0.6 is 0 Å². The monoisotopic (exact) mass is 232 g/mol. The smallest absolute Gasteiger partial charge is 0.422 e. The summed E-state index contributed by atoms with van der Waals surface area (Å²) in [5, 5.41) is 0. The molecule has 0 aliphatic heterocycles. The van der Waals surface area contributed by atoms with Gasteiger partial charge < -0.3 is 4.74 Å². The Bertz CT molecular complexity index is 357. The van der Waals surface area contributed by atoms with Crippen LogP contribution in [0.25, 0.3) is 0 Å². The van der Waals surface area contributed by atoms with Gasteiger partial charge in [-0.25, -0.2) is 0 Å². The molecular formula is C11H11F3O2. The van der Waals surface area contributed by atoms with Crippen LogP contribution in [0.2, 0.25) is 0 Å². The van der Waals surface area contributed by atoms with Crippen molar-refractivity contribution in [1.82, 2.24) is 0 Å². The van der Waals surface area contributed by atoms with Gasteiger partial charge >= 0.3 is 12.1 Å². The average Bonchev–Trinajstić information content (AvgIpc) is 2.73. The van der Waals surface area contributed by atoms with Crippen molar-refractivity contribution in [3.05, 3.63) is 24.3 Å². The number of hydrogen-bond acceptors (Lipinski definition) is 2. The van der Waals surface area contributed by atoms with Gasteiger partial charge in [0.15, 0.2) is 6.61 Å². The molecule has 2 aliphatic carbocycles. The summed E-state index contributed by atoms with van der Waals surface area (Å²) in [6.45, 7) is 2.23. The molecule has 5 heteroatoms. The van der Waals surface area contributed by atoms with Crippen molar-refractivity contribution >= 4 is 5.97 Å². The number of alkyl halides is 3. The second kappa shape index (κ2) is 3.64. The molecule has 2 rings (SSSR count). The molecule has 0 saturated heterocycles. The summed E-state index contributed by atoms with van der Waals surface area (Å²) in [5.74, 6) is -1.29. The van der Waals surface area contributed by atoms with E-state index in [2.05, 4.69) is 11.3 Å². The topological polar surface area (TPSA) is 26.3 Å². The van der Waals surface area contributed by atoms with E-state index in [9.17, 15) is 18.0 Å². The van der Waals surface area contributed by atoms with Crippen molar-refractivity contribution in [2.75, 3.05) is 6.61 Å². The van der Waals surface area contributed by atoms with E-state index < -0.39 is 24.7 Å². The summed E-state index contributed by atoms with van der Waals surface area (Å²) >= 11 is 0. The molecule has 2 nitrogen and oxygen atoms in total. The minimum absolute atomic E-state index is 0.0294. The van der Waals surface area contributed by atoms with Gasteiger partial charge in [-0.2, -0.15) is 13.2 Å². The molecule has 0 amide bonds. The summed E-state index contributed by atoms with van der Waals surface area (Å²) in [5.41, 5.74) is 0.680. The molecule has 88 valence electrons. The third-order valence-electron chi connectivity index (χ3n) is 3.05. The zero-order valence-electron chi connectivity index (χ0n) is 8.46. The summed E-state index contributed by atoms with van der Waals surface area (Å²) in [6.07, 6.45) is 0.106. The predicted molar refractivity (Wildman–Crippen MR) is 50.4 cm³/mol. The molecule has 0 spiro atoms. The standard InChI is InChI=1S/C11H11F3O2/c1-6-7-2-3-8(4-7)9(6)10(15)16-5-11(12,13)14/h2-3,7-9H,1,4-5H2/t7-,8+,9-/m1/s1. The highest BCUT2D eigenvalue weighted by Crippen LogP contribution is 2.47. The number of fused-ring (bicyclic) bond motifs is 2. The molecule has 0 aromatic heterocycles. The number of esters is 1. The number of hydrogen-bond donors (Lipinski definition) is 0. The quantitative estimate of drug-likeness (QED) is 0.540. The first-order chi connectivity index (χ1) is 7.38. The molecule has 2 aliphatic rings. The number of carbonyl (C=O) groups excluding carboxylic acids is 1. The van der Waals surface area contributed by atoms with Crippen molar-refractivity contribution < 1.29 is 22.7 Å². The third kappa shape index (κ3) is 1.99. The third-order valence-corrected chi connectivity index (χ3v) is 3.05. The van der Waals surface area contributed by atoms with Gasteiger partial charge in [0.25, 0.3) is 0 Å². The van der Waals surface area contributed by atoms with Gasteiger partial charge in [0.1, 0.15) is 0 Å². The molecule has 0 radical (unpaired) electrons. The zero-order chi connectivity index (χ0) is 11.9. The van der Waals surface area contributed by atoms with E-state index in [-0.39, 0.29) is 11.8 Å². The maximum atomic E-state index is 11.9. The van der Waals surface area contributed by atoms with Gasteiger partial charge in [-0.1, -0.05) is 24.3 Å². The first kappa shape index (κ1) is 11.2. The Morgan fingerprint density at radius 2 is 2.19 bits per heavy atom. The van der Waals surface area contributed by atoms with E-state index in [1.807, 2.05) is 12.2 Å². The Morgan fingerprint density at radius 1 is 1.50 bits per heavy atom. The van der Waals surface area contributed by atoms with E-state index in [0.717, 1.165) is 6.42 Å². The van der Waals surface area contributed by atoms with Crippen molar-refractivity contribution in [2.45, 2.75) is 12.6 Å². The van der Waals surface area contributed by atoms with Crippen LogP contribution in [0.4, 0.5) is 13.2 Å². The molecule has 3 atom stereocenters. The van der Waals surface area contributed by atoms with E-state index in [4.69, 9.17) is 0 Å². The van der Waals surface area contributed by atoms with Crippen LogP contribution in [0, 0.1) is 17.8 Å². The summed E-state index contributed by atoms with van der Waals surface area (Å²) in [4.78, 5) is 11.5. The number of rotatable bonds is 2. The SMILES string of the molecule is C=C1[C@@H](C(=O)OCC(F)(F)F)[C@H]2C=C[C@@H]1C2. The minimum Gasteiger partial charge on any atom is -0.456 e. The zero-order valence-corrected chi connectivity index (χ0v) is 8.46. The van der Waals surface area contributed by atoms with Crippen LogP contribution in [0.1, 0.15) is 6.42 Å². The average molecular weight is 232 g/mol. The molecule has 0 unspecified atom stereocenters. The lowest BCUT2D eigenvalue weighted by molar-refractivity contribution is -0.188. The van der Waals surface area contributed by atoms with Crippen LogP contribution < -0.4 is 0 Å². The fraction of sp³-hybridized carbons (Fsp3) is 0.545. The van der Waals surface area contributed by atoms with Crippen LogP contribution in [-0.4, -0.2) is 18.8 Å². The Labute approximate surface area is 90.8 Å². The van der Waals surface area contributed by atoms with Crippen LogP contribution in [0.5, 0.6) is 0 Å². The number of carbonyl (C=O) groups is 1. The summed E-state index contributed by atoms with van der Waals surface area (Å²) in [6, 6.07) is 0. The molecule has 0 aromatic carbocycles. The van der Waals surface area contributed by atoms with Gasteiger partial charge in [0.05, 0.1) is 5.92 Å². The lowest BCUT2D eigenvalue weighted by Gasteiger charge is -2.19. The normalized spacial score (nSPS) is 32.2. The van der Waals surface area contributed by atoms with Crippen LogP contribution in [0.15, 0.2) is 24.3 Å². The number of halogens is 3. The van der Waals surface area contributed by atoms with Crippen molar-refractivity contribution in [3.63, 3.8) is 0 Å². The first-order valence-corrected chi connectivity index (χ1v) is 4.99. The lowest BCUT2D eigenvalue weighted by atomic mass is 9.90. The predicted octanol–water partition coefficient (Wildman–Crippen LogP) is 2.47. The summed E-state index contributed by atoms with van der Waals surface area (Å²) in [7, 11) is 0. The lowest BCUT2D eigenvalue weighted by Crippen LogP contribution is -2.27. The highest BCUT2D eigenvalue weighted by Gasteiger charge is 2.44. The van der Waals surface area contributed by atoms with Gasteiger partial charge in [-0.05, 0) is 18.3 Å². The van der Waals surface area contributed by atoms with Gasteiger partial charge in [-0.3, -0.25) is 4.79 Å². The molecule has 2 bridgehead atoms. The van der Waals surface area contributed by atoms with Crippen molar-refractivity contribution in [2.24, 2.45) is 17.8 Å². The second-order valence-electron chi connectivity index (χ2n) is 4.17. The Balaban J connectivity index is 1.96. The summed E-state index contributed by atoms with van der Waals surface area (Å²) < 4.78 is 39.9.